The van der Waals surface area contributed by atoms with Crippen molar-refractivity contribution in [2.24, 2.45) is 11.1 Å². The Morgan fingerprint density at radius 2 is 2.38 bits per heavy atom. The minimum Gasteiger partial charge on any atom is -0.369 e. The van der Waals surface area contributed by atoms with Crippen LogP contribution in [0.3, 0.4) is 0 Å². The highest BCUT2D eigenvalue weighted by Crippen LogP contribution is 2.34. The van der Waals surface area contributed by atoms with Gasteiger partial charge in [-0.25, -0.2) is 4.98 Å². The van der Waals surface area contributed by atoms with Gasteiger partial charge in [-0.3, -0.25) is 4.79 Å². The SMILES string of the molecule is CCNc1nc(N2CCC(C)(C(N)=O)C2)c2[nH]cnc2n1. The molecule has 8 heteroatoms. The minimum atomic E-state index is -0.518. The number of nitrogens with one attached hydrogen (secondary N) is 2. The Morgan fingerprint density at radius 1 is 1.57 bits per heavy atom. The first kappa shape index (κ1) is 13.6. The Bertz CT molecular complexity index is 682. The number of H-pyrrole nitrogens is 1. The fourth-order valence-electron chi connectivity index (χ4n) is 2.63. The second kappa shape index (κ2) is 4.87. The van der Waals surface area contributed by atoms with Gasteiger partial charge in [-0.1, -0.05) is 0 Å². The van der Waals surface area contributed by atoms with E-state index in [1.54, 1.807) is 6.33 Å². The number of amides is 1. The summed E-state index contributed by atoms with van der Waals surface area (Å²) in [7, 11) is 0. The van der Waals surface area contributed by atoms with Crippen molar-refractivity contribution in [1.82, 2.24) is 19.9 Å². The maximum absolute atomic E-state index is 11.6. The van der Waals surface area contributed by atoms with Crippen molar-refractivity contribution in [2.75, 3.05) is 29.9 Å². The zero-order chi connectivity index (χ0) is 15.0. The normalized spacial score (nSPS) is 21.9. The summed E-state index contributed by atoms with van der Waals surface area (Å²) >= 11 is 0. The van der Waals surface area contributed by atoms with Crippen molar-refractivity contribution in [2.45, 2.75) is 20.3 Å². The lowest BCUT2D eigenvalue weighted by atomic mass is 9.89. The summed E-state index contributed by atoms with van der Waals surface area (Å²) in [6.45, 7) is 5.90. The van der Waals surface area contributed by atoms with Crippen LogP contribution in [-0.4, -0.2) is 45.5 Å². The number of nitrogens with zero attached hydrogens (tertiary/aromatic N) is 4. The third-order valence-electron chi connectivity index (χ3n) is 3.97. The smallest absolute Gasteiger partial charge is 0.226 e. The highest BCUT2D eigenvalue weighted by atomic mass is 16.1. The lowest BCUT2D eigenvalue weighted by Crippen LogP contribution is -2.37. The zero-order valence-corrected chi connectivity index (χ0v) is 12.2. The Labute approximate surface area is 122 Å². The van der Waals surface area contributed by atoms with Crippen LogP contribution in [0.5, 0.6) is 0 Å². The van der Waals surface area contributed by atoms with Crippen molar-refractivity contribution in [3.8, 4) is 0 Å². The molecule has 112 valence electrons. The van der Waals surface area contributed by atoms with Crippen molar-refractivity contribution in [3.05, 3.63) is 6.33 Å². The van der Waals surface area contributed by atoms with Gasteiger partial charge in [0.15, 0.2) is 11.5 Å². The number of fused-ring (bicyclic) bond motifs is 1. The quantitative estimate of drug-likeness (QED) is 0.755. The number of nitrogens with two attached hydrogens (primary N) is 1. The minimum absolute atomic E-state index is 0.271. The van der Waals surface area contributed by atoms with Gasteiger partial charge in [0.2, 0.25) is 11.9 Å². The van der Waals surface area contributed by atoms with E-state index in [0.29, 0.717) is 18.1 Å². The summed E-state index contributed by atoms with van der Waals surface area (Å²) in [4.78, 5) is 29.8. The molecule has 0 saturated carbocycles. The topological polar surface area (TPSA) is 113 Å². The van der Waals surface area contributed by atoms with Gasteiger partial charge in [-0.2, -0.15) is 9.97 Å². The fourth-order valence-corrected chi connectivity index (χ4v) is 2.63. The number of aromatic nitrogens is 4. The van der Waals surface area contributed by atoms with Gasteiger partial charge in [-0.05, 0) is 20.3 Å². The number of primary amides is 1. The molecule has 3 heterocycles. The van der Waals surface area contributed by atoms with Crippen molar-refractivity contribution < 1.29 is 4.79 Å². The van der Waals surface area contributed by atoms with Crippen LogP contribution < -0.4 is 16.0 Å². The number of hydrogen-bond acceptors (Lipinski definition) is 6. The van der Waals surface area contributed by atoms with Crippen LogP contribution in [-0.2, 0) is 4.79 Å². The van der Waals surface area contributed by atoms with Crippen LogP contribution in [0.15, 0.2) is 6.33 Å². The zero-order valence-electron chi connectivity index (χ0n) is 12.2. The molecule has 1 amide bonds. The molecule has 3 rings (SSSR count). The molecule has 2 aromatic heterocycles. The van der Waals surface area contributed by atoms with E-state index >= 15 is 0 Å². The molecular formula is C13H19N7O. The first-order chi connectivity index (χ1) is 10.0. The van der Waals surface area contributed by atoms with E-state index in [4.69, 9.17) is 5.73 Å². The lowest BCUT2D eigenvalue weighted by molar-refractivity contribution is -0.125. The number of aromatic amines is 1. The van der Waals surface area contributed by atoms with E-state index in [9.17, 15) is 4.79 Å². The molecule has 1 aliphatic rings. The van der Waals surface area contributed by atoms with Crippen LogP contribution in [0.4, 0.5) is 11.8 Å². The standard InChI is InChI=1S/C13H19N7O/c1-3-15-12-18-9-8(16-7-17-9)10(19-12)20-5-4-13(2,6-20)11(14)21/h7H,3-6H2,1-2H3,(H2,14,21)(H2,15,16,17,18,19). The highest BCUT2D eigenvalue weighted by molar-refractivity contribution is 5.86. The summed E-state index contributed by atoms with van der Waals surface area (Å²) in [6.07, 6.45) is 2.32. The number of hydrogen-bond donors (Lipinski definition) is 3. The van der Waals surface area contributed by atoms with Gasteiger partial charge in [0.25, 0.3) is 0 Å². The second-order valence-corrected chi connectivity index (χ2v) is 5.60. The molecule has 0 bridgehead atoms. The number of carbonyl (C=O) groups excluding carboxylic acids is 1. The summed E-state index contributed by atoms with van der Waals surface area (Å²) in [5.74, 6) is 1.03. The van der Waals surface area contributed by atoms with E-state index in [1.165, 1.54) is 0 Å². The molecule has 0 aromatic carbocycles. The third-order valence-corrected chi connectivity index (χ3v) is 3.97. The number of anilines is 2. The Balaban J connectivity index is 2.00. The molecule has 21 heavy (non-hydrogen) atoms. The van der Waals surface area contributed by atoms with Crippen LogP contribution in [0.25, 0.3) is 11.2 Å². The molecule has 0 radical (unpaired) electrons. The molecule has 4 N–H and O–H groups in total. The molecule has 8 nitrogen and oxygen atoms in total. The molecule has 1 fully saturated rings. The predicted molar refractivity (Wildman–Crippen MR) is 80.0 cm³/mol. The number of rotatable bonds is 4. The van der Waals surface area contributed by atoms with E-state index in [-0.39, 0.29) is 5.91 Å². The van der Waals surface area contributed by atoms with Crippen molar-refractivity contribution >= 4 is 28.8 Å². The maximum Gasteiger partial charge on any atom is 0.226 e. The van der Waals surface area contributed by atoms with Gasteiger partial charge in [-0.15, -0.1) is 0 Å². The molecule has 2 aromatic rings. The van der Waals surface area contributed by atoms with Gasteiger partial charge in [0.05, 0.1) is 11.7 Å². The Hall–Kier alpha value is -2.38. The van der Waals surface area contributed by atoms with Crippen molar-refractivity contribution in [1.29, 1.82) is 0 Å². The van der Waals surface area contributed by atoms with E-state index < -0.39 is 5.41 Å². The lowest BCUT2D eigenvalue weighted by Gasteiger charge is -2.22. The predicted octanol–water partition coefficient (Wildman–Crippen LogP) is 0.486. The second-order valence-electron chi connectivity index (χ2n) is 5.60. The van der Waals surface area contributed by atoms with Crippen LogP contribution >= 0.6 is 0 Å². The average molecular weight is 289 g/mol. The summed E-state index contributed by atoms with van der Waals surface area (Å²) in [6, 6.07) is 0. The number of imidazole rings is 1. The summed E-state index contributed by atoms with van der Waals surface area (Å²) in [5, 5.41) is 3.10. The fraction of sp³-hybridized carbons (Fsp3) is 0.538. The van der Waals surface area contributed by atoms with Gasteiger partial charge >= 0.3 is 0 Å². The molecule has 1 atom stereocenters. The number of carbonyl (C=O) groups is 1. The maximum atomic E-state index is 11.6. The first-order valence-electron chi connectivity index (χ1n) is 7.03. The summed E-state index contributed by atoms with van der Waals surface area (Å²) in [5.41, 5.74) is 6.39. The van der Waals surface area contributed by atoms with E-state index in [2.05, 4.69) is 30.2 Å². The molecular weight excluding hydrogens is 270 g/mol. The first-order valence-corrected chi connectivity index (χ1v) is 7.03. The summed E-state index contributed by atoms with van der Waals surface area (Å²) < 4.78 is 0. The molecule has 0 aliphatic carbocycles. The molecule has 1 unspecified atom stereocenters. The van der Waals surface area contributed by atoms with E-state index in [1.807, 2.05) is 13.8 Å². The Kier molecular flexibility index (Phi) is 3.15. The molecule has 1 saturated heterocycles. The highest BCUT2D eigenvalue weighted by Gasteiger charge is 2.40. The van der Waals surface area contributed by atoms with Crippen LogP contribution in [0, 0.1) is 5.41 Å². The van der Waals surface area contributed by atoms with E-state index in [0.717, 1.165) is 30.8 Å². The third kappa shape index (κ3) is 2.26. The average Bonchev–Trinajstić information content (AvgIpc) is 3.05. The molecule has 1 aliphatic heterocycles. The largest absolute Gasteiger partial charge is 0.369 e. The van der Waals surface area contributed by atoms with Gasteiger partial charge in [0.1, 0.15) is 5.52 Å². The monoisotopic (exact) mass is 289 g/mol. The van der Waals surface area contributed by atoms with Crippen LogP contribution in [0.2, 0.25) is 0 Å². The molecule has 0 spiro atoms. The van der Waals surface area contributed by atoms with Gasteiger partial charge in [0, 0.05) is 19.6 Å². The van der Waals surface area contributed by atoms with Crippen molar-refractivity contribution in [3.63, 3.8) is 0 Å². The Morgan fingerprint density at radius 3 is 3.05 bits per heavy atom. The van der Waals surface area contributed by atoms with Crippen LogP contribution in [0.1, 0.15) is 20.3 Å². The van der Waals surface area contributed by atoms with Gasteiger partial charge < -0.3 is 20.9 Å².